The molecule has 0 aliphatic heterocycles. The molecule has 0 radical (unpaired) electrons. The number of benzene rings is 2. The SMILES string of the molecule is N#Cc1nc(-c2ccc(COc3ccc(Br)cc3)o2)oc1NCc1ccccc1Cl. The fourth-order valence-corrected chi connectivity index (χ4v) is 3.16. The van der Waals surface area contributed by atoms with Crippen molar-refractivity contribution in [3.63, 3.8) is 0 Å². The molecule has 1 N–H and O–H groups in total. The van der Waals surface area contributed by atoms with E-state index in [1.54, 1.807) is 18.2 Å². The van der Waals surface area contributed by atoms with E-state index in [0.29, 0.717) is 23.1 Å². The Hall–Kier alpha value is -3.21. The number of hydrogen-bond donors (Lipinski definition) is 1. The van der Waals surface area contributed by atoms with Crippen molar-refractivity contribution in [1.29, 1.82) is 5.26 Å². The molecule has 2 aromatic carbocycles. The van der Waals surface area contributed by atoms with Crippen LogP contribution in [-0.4, -0.2) is 4.98 Å². The van der Waals surface area contributed by atoms with Gasteiger partial charge in [-0.1, -0.05) is 45.7 Å². The lowest BCUT2D eigenvalue weighted by molar-refractivity contribution is 0.271. The normalized spacial score (nSPS) is 10.6. The minimum atomic E-state index is 0.140. The van der Waals surface area contributed by atoms with Gasteiger partial charge in [0.2, 0.25) is 11.6 Å². The molecular formula is C22H15BrClN3O3. The zero-order chi connectivity index (χ0) is 20.9. The molecule has 150 valence electrons. The number of nitrogens with one attached hydrogen (secondary N) is 1. The molecule has 8 heteroatoms. The van der Waals surface area contributed by atoms with Crippen molar-refractivity contribution in [1.82, 2.24) is 4.98 Å². The second kappa shape index (κ2) is 9.08. The molecule has 30 heavy (non-hydrogen) atoms. The largest absolute Gasteiger partial charge is 0.486 e. The van der Waals surface area contributed by atoms with Crippen molar-refractivity contribution in [2.24, 2.45) is 0 Å². The fraction of sp³-hybridized carbons (Fsp3) is 0.0909. The standard InChI is InChI=1S/C22H15BrClN3O3/c23-15-5-7-16(8-6-15)28-13-17-9-10-20(29-17)22-27-19(11-25)21(30-22)26-12-14-3-1-2-4-18(14)24/h1-10,26H,12-13H2. The lowest BCUT2D eigenvalue weighted by Crippen LogP contribution is -2.00. The molecule has 0 saturated carbocycles. The maximum atomic E-state index is 9.37. The number of hydrogen-bond acceptors (Lipinski definition) is 6. The smallest absolute Gasteiger partial charge is 0.266 e. The fourth-order valence-electron chi connectivity index (χ4n) is 2.69. The van der Waals surface area contributed by atoms with Gasteiger partial charge in [0.15, 0.2) is 5.76 Å². The number of anilines is 1. The molecule has 0 aliphatic carbocycles. The first kappa shape index (κ1) is 20.1. The maximum absolute atomic E-state index is 9.37. The Labute approximate surface area is 186 Å². The number of rotatable bonds is 7. The van der Waals surface area contributed by atoms with E-state index >= 15 is 0 Å². The zero-order valence-electron chi connectivity index (χ0n) is 15.6. The maximum Gasteiger partial charge on any atom is 0.266 e. The van der Waals surface area contributed by atoms with Crippen LogP contribution in [0.4, 0.5) is 5.88 Å². The lowest BCUT2D eigenvalue weighted by atomic mass is 10.2. The van der Waals surface area contributed by atoms with E-state index in [-0.39, 0.29) is 24.1 Å². The third-order valence-corrected chi connectivity index (χ3v) is 5.09. The summed E-state index contributed by atoms with van der Waals surface area (Å²) in [7, 11) is 0. The van der Waals surface area contributed by atoms with Crippen molar-refractivity contribution in [2.45, 2.75) is 13.2 Å². The molecule has 0 aliphatic rings. The van der Waals surface area contributed by atoms with Gasteiger partial charge in [-0.05, 0) is 48.0 Å². The summed E-state index contributed by atoms with van der Waals surface area (Å²) in [6.45, 7) is 0.651. The lowest BCUT2D eigenvalue weighted by Gasteiger charge is -2.05. The minimum Gasteiger partial charge on any atom is -0.486 e. The summed E-state index contributed by atoms with van der Waals surface area (Å²) < 4.78 is 18.2. The number of furan rings is 1. The van der Waals surface area contributed by atoms with Crippen molar-refractivity contribution >= 4 is 33.4 Å². The molecule has 0 saturated heterocycles. The molecule has 0 fully saturated rings. The molecule has 0 bridgehead atoms. The molecule has 2 heterocycles. The van der Waals surface area contributed by atoms with Gasteiger partial charge in [-0.2, -0.15) is 10.2 Å². The Kier molecular flexibility index (Phi) is 6.07. The van der Waals surface area contributed by atoms with Crippen LogP contribution >= 0.6 is 27.5 Å². The van der Waals surface area contributed by atoms with Crippen LogP contribution in [0.2, 0.25) is 5.02 Å². The van der Waals surface area contributed by atoms with Crippen LogP contribution in [0.3, 0.4) is 0 Å². The van der Waals surface area contributed by atoms with Gasteiger partial charge >= 0.3 is 0 Å². The van der Waals surface area contributed by atoms with E-state index < -0.39 is 0 Å². The highest BCUT2D eigenvalue weighted by atomic mass is 79.9. The Morgan fingerprint density at radius 1 is 1.07 bits per heavy atom. The summed E-state index contributed by atoms with van der Waals surface area (Å²) in [5.74, 6) is 2.21. The third-order valence-electron chi connectivity index (χ3n) is 4.20. The first-order valence-electron chi connectivity index (χ1n) is 8.98. The number of aromatic nitrogens is 1. The average Bonchev–Trinajstić information content (AvgIpc) is 3.39. The van der Waals surface area contributed by atoms with Gasteiger partial charge in [0.05, 0.1) is 0 Å². The Bertz CT molecular complexity index is 1200. The number of oxazole rings is 1. The Balaban J connectivity index is 1.45. The topological polar surface area (TPSA) is 84.2 Å². The molecule has 4 rings (SSSR count). The van der Waals surface area contributed by atoms with Crippen molar-refractivity contribution in [3.05, 3.63) is 87.2 Å². The van der Waals surface area contributed by atoms with E-state index in [4.69, 9.17) is 25.2 Å². The highest BCUT2D eigenvalue weighted by Crippen LogP contribution is 2.28. The van der Waals surface area contributed by atoms with Gasteiger partial charge in [0.1, 0.15) is 24.2 Å². The minimum absolute atomic E-state index is 0.140. The molecular weight excluding hydrogens is 470 g/mol. The van der Waals surface area contributed by atoms with E-state index in [0.717, 1.165) is 15.8 Å². The second-order valence-corrected chi connectivity index (χ2v) is 7.58. The molecule has 4 aromatic rings. The van der Waals surface area contributed by atoms with Gasteiger partial charge in [-0.25, -0.2) is 0 Å². The van der Waals surface area contributed by atoms with Crippen molar-refractivity contribution in [3.8, 4) is 23.5 Å². The highest BCUT2D eigenvalue weighted by Gasteiger charge is 2.17. The van der Waals surface area contributed by atoms with Crippen LogP contribution < -0.4 is 10.1 Å². The summed E-state index contributed by atoms with van der Waals surface area (Å²) >= 11 is 9.56. The van der Waals surface area contributed by atoms with Gasteiger partial charge < -0.3 is 18.9 Å². The predicted molar refractivity (Wildman–Crippen MR) is 116 cm³/mol. The van der Waals surface area contributed by atoms with Crippen LogP contribution in [0, 0.1) is 11.3 Å². The van der Waals surface area contributed by atoms with Gasteiger partial charge in [0, 0.05) is 16.0 Å². The quantitative estimate of drug-likeness (QED) is 0.326. The first-order valence-corrected chi connectivity index (χ1v) is 10.1. The number of ether oxygens (including phenoxy) is 1. The number of nitriles is 1. The van der Waals surface area contributed by atoms with Crippen LogP contribution in [0.15, 0.2) is 74.0 Å². The number of halogens is 2. The average molecular weight is 485 g/mol. The molecule has 0 atom stereocenters. The first-order chi connectivity index (χ1) is 14.6. The van der Waals surface area contributed by atoms with Crippen molar-refractivity contribution < 1.29 is 13.6 Å². The Morgan fingerprint density at radius 2 is 1.87 bits per heavy atom. The monoisotopic (exact) mass is 483 g/mol. The summed E-state index contributed by atoms with van der Waals surface area (Å²) in [4.78, 5) is 4.21. The predicted octanol–water partition coefficient (Wildman–Crippen LogP) is 6.41. The van der Waals surface area contributed by atoms with E-state index in [9.17, 15) is 5.26 Å². The summed E-state index contributed by atoms with van der Waals surface area (Å²) in [6, 6.07) is 20.5. The zero-order valence-corrected chi connectivity index (χ0v) is 17.9. The van der Waals surface area contributed by atoms with Gasteiger partial charge in [-0.15, -0.1) is 0 Å². The van der Waals surface area contributed by atoms with Gasteiger partial charge in [-0.3, -0.25) is 0 Å². The van der Waals surface area contributed by atoms with Crippen LogP contribution in [0.25, 0.3) is 11.7 Å². The summed E-state index contributed by atoms with van der Waals surface area (Å²) in [5, 5.41) is 13.1. The van der Waals surface area contributed by atoms with Crippen LogP contribution in [-0.2, 0) is 13.2 Å². The van der Waals surface area contributed by atoms with Crippen LogP contribution in [0.1, 0.15) is 17.0 Å². The number of nitrogens with zero attached hydrogens (tertiary/aromatic N) is 2. The summed E-state index contributed by atoms with van der Waals surface area (Å²) in [6.07, 6.45) is 0. The molecule has 0 spiro atoms. The van der Waals surface area contributed by atoms with Gasteiger partial charge in [0.25, 0.3) is 5.89 Å². The molecule has 0 unspecified atom stereocenters. The third kappa shape index (κ3) is 4.67. The second-order valence-electron chi connectivity index (χ2n) is 6.26. The summed E-state index contributed by atoms with van der Waals surface area (Å²) in [5.41, 5.74) is 1.02. The van der Waals surface area contributed by atoms with Crippen LogP contribution in [0.5, 0.6) is 5.75 Å². The highest BCUT2D eigenvalue weighted by molar-refractivity contribution is 9.10. The Morgan fingerprint density at radius 3 is 2.63 bits per heavy atom. The molecule has 0 amide bonds. The van der Waals surface area contributed by atoms with E-state index in [1.807, 2.05) is 48.5 Å². The van der Waals surface area contributed by atoms with E-state index in [1.165, 1.54) is 0 Å². The van der Waals surface area contributed by atoms with Crippen molar-refractivity contribution in [2.75, 3.05) is 5.32 Å². The molecule has 2 aromatic heterocycles. The molecule has 6 nitrogen and oxygen atoms in total. The van der Waals surface area contributed by atoms with E-state index in [2.05, 4.69) is 26.2 Å².